The van der Waals surface area contributed by atoms with Crippen LogP contribution in [0.4, 0.5) is 17.6 Å². The molecule has 0 aliphatic carbocycles. The number of halogens is 4. The van der Waals surface area contributed by atoms with Crippen molar-refractivity contribution < 1.29 is 32.2 Å². The predicted molar refractivity (Wildman–Crippen MR) is 101 cm³/mol. The van der Waals surface area contributed by atoms with E-state index in [1.54, 1.807) is 12.1 Å². The Balaban J connectivity index is 1.48. The smallest absolute Gasteiger partial charge is 0.416 e. The van der Waals surface area contributed by atoms with Gasteiger partial charge in [-0.15, -0.1) is 0 Å². The molecule has 1 N–H and O–H groups in total. The van der Waals surface area contributed by atoms with E-state index in [1.807, 2.05) is 4.90 Å². The molecule has 1 spiro atoms. The van der Waals surface area contributed by atoms with Gasteiger partial charge >= 0.3 is 12.1 Å². The lowest BCUT2D eigenvalue weighted by Gasteiger charge is -2.41. The minimum Gasteiger partial charge on any atom is -0.492 e. The largest absolute Gasteiger partial charge is 0.492 e. The number of aliphatic carboxylic acids is 1. The first kappa shape index (κ1) is 20.7. The molecule has 2 aliphatic rings. The molecule has 2 heterocycles. The first-order valence-corrected chi connectivity index (χ1v) is 9.74. The van der Waals surface area contributed by atoms with Crippen LogP contribution in [0.5, 0.6) is 5.75 Å². The van der Waals surface area contributed by atoms with Gasteiger partial charge in [0.05, 0.1) is 12.2 Å². The summed E-state index contributed by atoms with van der Waals surface area (Å²) in [6.07, 6.45) is -2.98. The summed E-state index contributed by atoms with van der Waals surface area (Å²) >= 11 is 0. The van der Waals surface area contributed by atoms with E-state index in [1.165, 1.54) is 18.2 Å². The molecule has 4 rings (SSSR count). The maximum Gasteiger partial charge on any atom is 0.416 e. The summed E-state index contributed by atoms with van der Waals surface area (Å²) in [4.78, 5) is 13.7. The number of ether oxygens (including phenoxy) is 1. The minimum atomic E-state index is -4.42. The minimum absolute atomic E-state index is 0.255. The number of carbonyl (C=O) groups is 1. The number of likely N-dealkylation sites (tertiary alicyclic amines) is 1. The fourth-order valence-corrected chi connectivity index (χ4v) is 4.44. The molecule has 0 saturated carbocycles. The number of rotatable bonds is 4. The van der Waals surface area contributed by atoms with Crippen LogP contribution in [0.1, 0.15) is 29.5 Å². The second kappa shape index (κ2) is 7.58. The van der Waals surface area contributed by atoms with E-state index in [4.69, 9.17) is 4.74 Å². The predicted octanol–water partition coefficient (Wildman–Crippen LogP) is 4.27. The highest BCUT2D eigenvalue weighted by molar-refractivity contribution is 5.74. The van der Waals surface area contributed by atoms with Crippen LogP contribution >= 0.6 is 0 Å². The highest BCUT2D eigenvalue weighted by Crippen LogP contribution is 2.47. The molecular formula is C22H21F4NO3. The number of benzene rings is 2. The van der Waals surface area contributed by atoms with Gasteiger partial charge < -0.3 is 9.84 Å². The van der Waals surface area contributed by atoms with Gasteiger partial charge in [-0.25, -0.2) is 4.39 Å². The van der Waals surface area contributed by atoms with Crippen LogP contribution in [-0.4, -0.2) is 41.7 Å². The number of hydrogen-bond donors (Lipinski definition) is 1. The van der Waals surface area contributed by atoms with Crippen LogP contribution < -0.4 is 4.74 Å². The van der Waals surface area contributed by atoms with Crippen molar-refractivity contribution in [1.82, 2.24) is 4.90 Å². The number of nitrogens with zero attached hydrogens (tertiary/aromatic N) is 1. The van der Waals surface area contributed by atoms with Crippen molar-refractivity contribution in [3.8, 4) is 5.75 Å². The summed E-state index contributed by atoms with van der Waals surface area (Å²) in [5.41, 5.74) is 0.370. The fourth-order valence-electron chi connectivity index (χ4n) is 4.44. The average Bonchev–Trinajstić information content (AvgIpc) is 3.05. The van der Waals surface area contributed by atoms with Crippen LogP contribution in [0.3, 0.4) is 0 Å². The van der Waals surface area contributed by atoms with Crippen LogP contribution in [0, 0.1) is 5.82 Å². The molecule has 2 aromatic rings. The summed E-state index contributed by atoms with van der Waals surface area (Å²) in [5.74, 6) is -1.06. The monoisotopic (exact) mass is 423 g/mol. The molecule has 1 unspecified atom stereocenters. The van der Waals surface area contributed by atoms with Gasteiger partial charge in [0.15, 0.2) is 0 Å². The van der Waals surface area contributed by atoms with E-state index in [0.29, 0.717) is 32.5 Å². The van der Waals surface area contributed by atoms with E-state index in [2.05, 4.69) is 0 Å². The van der Waals surface area contributed by atoms with Crippen LogP contribution in [0.25, 0.3) is 0 Å². The maximum atomic E-state index is 13.1. The normalized spacial score (nSPS) is 19.3. The lowest BCUT2D eigenvalue weighted by Crippen LogP contribution is -2.51. The first-order chi connectivity index (χ1) is 14.2. The Hall–Kier alpha value is -2.61. The third-order valence-corrected chi connectivity index (χ3v) is 6.21. The number of carboxylic acids is 1. The first-order valence-electron chi connectivity index (χ1n) is 9.74. The fraction of sp³-hybridized carbons (Fsp3) is 0.409. The standard InChI is InChI=1S/C22H21F4NO3/c23-16-4-1-14(2-5-16)11-18(20(28)29)27-9-7-21(8-10-27)13-30-19-12-15(22(24,25)26)3-6-17(19)21/h1-6,12,18H,7-11,13H2,(H,28,29). The average molecular weight is 423 g/mol. The quantitative estimate of drug-likeness (QED) is 0.747. The molecule has 8 heteroatoms. The van der Waals surface area contributed by atoms with Gasteiger partial charge in [-0.1, -0.05) is 18.2 Å². The molecular weight excluding hydrogens is 402 g/mol. The lowest BCUT2D eigenvalue weighted by molar-refractivity contribution is -0.144. The Kier molecular flexibility index (Phi) is 5.22. The topological polar surface area (TPSA) is 49.8 Å². The van der Waals surface area contributed by atoms with E-state index in [-0.39, 0.29) is 18.0 Å². The number of hydrogen-bond acceptors (Lipinski definition) is 3. The van der Waals surface area contributed by atoms with Crippen molar-refractivity contribution in [2.75, 3.05) is 19.7 Å². The molecule has 0 bridgehead atoms. The summed E-state index contributed by atoms with van der Waals surface area (Å²) < 4.78 is 57.6. The van der Waals surface area contributed by atoms with Crippen molar-refractivity contribution >= 4 is 5.97 Å². The number of piperidine rings is 1. The second-order valence-corrected chi connectivity index (χ2v) is 8.00. The molecule has 2 aromatic carbocycles. The van der Waals surface area contributed by atoms with Gasteiger partial charge in [-0.05, 0) is 62.2 Å². The zero-order valence-corrected chi connectivity index (χ0v) is 16.1. The SMILES string of the molecule is O=C(O)C(Cc1ccc(F)cc1)N1CCC2(CC1)COc1cc(C(F)(F)F)ccc12. The Bertz CT molecular complexity index is 934. The second-order valence-electron chi connectivity index (χ2n) is 8.00. The van der Waals surface area contributed by atoms with E-state index in [9.17, 15) is 27.5 Å². The van der Waals surface area contributed by atoms with E-state index < -0.39 is 29.2 Å². The zero-order valence-electron chi connectivity index (χ0n) is 16.1. The molecule has 0 amide bonds. The molecule has 2 aliphatic heterocycles. The van der Waals surface area contributed by atoms with E-state index in [0.717, 1.165) is 23.3 Å². The van der Waals surface area contributed by atoms with Crippen molar-refractivity contribution in [3.63, 3.8) is 0 Å². The number of fused-ring (bicyclic) bond motifs is 2. The molecule has 1 fully saturated rings. The van der Waals surface area contributed by atoms with Crippen molar-refractivity contribution in [3.05, 3.63) is 65.0 Å². The zero-order chi connectivity index (χ0) is 21.5. The summed E-state index contributed by atoms with van der Waals surface area (Å²) in [7, 11) is 0. The third kappa shape index (κ3) is 3.88. The summed E-state index contributed by atoms with van der Waals surface area (Å²) in [5, 5.41) is 9.72. The van der Waals surface area contributed by atoms with Gasteiger partial charge in [0.2, 0.25) is 0 Å². The lowest BCUT2D eigenvalue weighted by atomic mass is 9.74. The van der Waals surface area contributed by atoms with Gasteiger partial charge in [0.25, 0.3) is 0 Å². The Morgan fingerprint density at radius 3 is 2.40 bits per heavy atom. The van der Waals surface area contributed by atoms with Crippen LogP contribution in [0.2, 0.25) is 0 Å². The summed E-state index contributed by atoms with van der Waals surface area (Å²) in [6, 6.07) is 8.65. The number of carboxylic acid groups (broad SMARTS) is 1. The van der Waals surface area contributed by atoms with Gasteiger partial charge in [-0.2, -0.15) is 13.2 Å². The Morgan fingerprint density at radius 1 is 1.13 bits per heavy atom. The summed E-state index contributed by atoms with van der Waals surface area (Å²) in [6.45, 7) is 1.27. The molecule has 30 heavy (non-hydrogen) atoms. The number of alkyl halides is 3. The molecule has 160 valence electrons. The molecule has 0 aromatic heterocycles. The van der Waals surface area contributed by atoms with Crippen molar-refractivity contribution in [2.45, 2.75) is 36.9 Å². The van der Waals surface area contributed by atoms with Gasteiger partial charge in [0.1, 0.15) is 17.6 Å². The molecule has 1 saturated heterocycles. The molecule has 1 atom stereocenters. The Morgan fingerprint density at radius 2 is 1.80 bits per heavy atom. The van der Waals surface area contributed by atoms with E-state index >= 15 is 0 Å². The van der Waals surface area contributed by atoms with Crippen molar-refractivity contribution in [2.24, 2.45) is 0 Å². The molecule has 4 nitrogen and oxygen atoms in total. The van der Waals surface area contributed by atoms with Gasteiger partial charge in [-0.3, -0.25) is 9.69 Å². The third-order valence-electron chi connectivity index (χ3n) is 6.21. The molecule has 0 radical (unpaired) electrons. The van der Waals surface area contributed by atoms with Crippen LogP contribution in [-0.2, 0) is 22.8 Å². The Labute approximate surface area is 171 Å². The van der Waals surface area contributed by atoms with Crippen LogP contribution in [0.15, 0.2) is 42.5 Å². The highest BCUT2D eigenvalue weighted by atomic mass is 19.4. The van der Waals surface area contributed by atoms with Crippen molar-refractivity contribution in [1.29, 1.82) is 0 Å². The maximum absolute atomic E-state index is 13.1. The van der Waals surface area contributed by atoms with Gasteiger partial charge in [0, 0.05) is 11.0 Å². The highest BCUT2D eigenvalue weighted by Gasteiger charge is 2.45.